The Kier molecular flexibility index (Phi) is 8.52. The summed E-state index contributed by atoms with van der Waals surface area (Å²) in [5.41, 5.74) is 1.62. The number of carbonyl (C=O) groups excluding carboxylic acids is 2. The van der Waals surface area contributed by atoms with E-state index in [1.54, 1.807) is 31.4 Å². The first-order chi connectivity index (χ1) is 13.9. The molecule has 0 fully saturated rings. The molecule has 2 rings (SSSR count). The quantitative estimate of drug-likeness (QED) is 0.602. The molecular formula is C23H30N2O4. The van der Waals surface area contributed by atoms with E-state index in [4.69, 9.17) is 9.47 Å². The van der Waals surface area contributed by atoms with Gasteiger partial charge in [0.15, 0.2) is 0 Å². The summed E-state index contributed by atoms with van der Waals surface area (Å²) in [6.45, 7) is 6.80. The van der Waals surface area contributed by atoms with Gasteiger partial charge in [-0.05, 0) is 61.2 Å². The Morgan fingerprint density at radius 3 is 2.38 bits per heavy atom. The Morgan fingerprint density at radius 1 is 1.03 bits per heavy atom. The Bertz CT molecular complexity index is 803. The highest BCUT2D eigenvalue weighted by atomic mass is 16.5. The van der Waals surface area contributed by atoms with Crippen LogP contribution in [0.3, 0.4) is 0 Å². The third-order valence-corrected chi connectivity index (χ3v) is 4.47. The fourth-order valence-electron chi connectivity index (χ4n) is 2.79. The van der Waals surface area contributed by atoms with E-state index in [1.807, 2.05) is 45.0 Å². The molecule has 6 heteroatoms. The maximum absolute atomic E-state index is 12.5. The second-order valence-corrected chi connectivity index (χ2v) is 7.23. The standard InChI is InChI=1S/C23H30N2O4/c1-16(2)21(25-22(26)18-9-11-19(28-4)12-10-18)23(27)24-13-6-14-29-20-8-5-7-17(3)15-20/h5,7-12,15-16,21H,6,13-14H2,1-4H3,(H,24,27)(H,25,26). The summed E-state index contributed by atoms with van der Waals surface area (Å²) in [6.07, 6.45) is 0.678. The van der Waals surface area contributed by atoms with Crippen LogP contribution >= 0.6 is 0 Å². The highest BCUT2D eigenvalue weighted by Crippen LogP contribution is 2.13. The summed E-state index contributed by atoms with van der Waals surface area (Å²) in [4.78, 5) is 25.0. The number of nitrogens with one attached hydrogen (secondary N) is 2. The van der Waals surface area contributed by atoms with Crippen LogP contribution in [0, 0.1) is 12.8 Å². The van der Waals surface area contributed by atoms with Crippen molar-refractivity contribution in [3.05, 3.63) is 59.7 Å². The molecule has 0 saturated carbocycles. The van der Waals surface area contributed by atoms with Crippen LogP contribution in [0.2, 0.25) is 0 Å². The van der Waals surface area contributed by atoms with E-state index in [-0.39, 0.29) is 17.7 Å². The molecule has 2 aromatic carbocycles. The summed E-state index contributed by atoms with van der Waals surface area (Å²) in [5, 5.41) is 5.70. The Balaban J connectivity index is 1.79. The van der Waals surface area contributed by atoms with Crippen LogP contribution in [0.25, 0.3) is 0 Å². The lowest BCUT2D eigenvalue weighted by atomic mass is 10.0. The van der Waals surface area contributed by atoms with E-state index in [1.165, 1.54) is 0 Å². The van der Waals surface area contributed by atoms with Gasteiger partial charge in [-0.1, -0.05) is 26.0 Å². The molecule has 1 atom stereocenters. The van der Waals surface area contributed by atoms with Crippen LogP contribution in [-0.2, 0) is 4.79 Å². The van der Waals surface area contributed by atoms with Crippen LogP contribution in [0.1, 0.15) is 36.2 Å². The van der Waals surface area contributed by atoms with Gasteiger partial charge in [0.05, 0.1) is 13.7 Å². The third-order valence-electron chi connectivity index (χ3n) is 4.47. The van der Waals surface area contributed by atoms with Crippen molar-refractivity contribution in [3.8, 4) is 11.5 Å². The molecule has 2 amide bonds. The molecule has 0 heterocycles. The zero-order chi connectivity index (χ0) is 21.2. The first-order valence-electron chi connectivity index (χ1n) is 9.83. The van der Waals surface area contributed by atoms with Crippen molar-refractivity contribution in [2.75, 3.05) is 20.3 Å². The number of hydrogen-bond acceptors (Lipinski definition) is 4. The van der Waals surface area contributed by atoms with E-state index < -0.39 is 6.04 Å². The molecule has 0 aliphatic heterocycles. The number of aryl methyl sites for hydroxylation is 1. The zero-order valence-electron chi connectivity index (χ0n) is 17.5. The molecule has 0 aliphatic rings. The summed E-state index contributed by atoms with van der Waals surface area (Å²) < 4.78 is 10.8. The van der Waals surface area contributed by atoms with E-state index in [0.717, 1.165) is 11.3 Å². The van der Waals surface area contributed by atoms with Crippen molar-refractivity contribution in [3.63, 3.8) is 0 Å². The molecule has 0 aliphatic carbocycles. The zero-order valence-corrected chi connectivity index (χ0v) is 17.5. The van der Waals surface area contributed by atoms with Crippen LogP contribution in [0.4, 0.5) is 0 Å². The Hall–Kier alpha value is -3.02. The number of benzene rings is 2. The molecule has 1 unspecified atom stereocenters. The van der Waals surface area contributed by atoms with Crippen molar-refractivity contribution in [2.45, 2.75) is 33.2 Å². The van der Waals surface area contributed by atoms with Crippen molar-refractivity contribution in [2.24, 2.45) is 5.92 Å². The highest BCUT2D eigenvalue weighted by molar-refractivity contribution is 5.97. The monoisotopic (exact) mass is 398 g/mol. The van der Waals surface area contributed by atoms with Gasteiger partial charge in [0.25, 0.3) is 5.91 Å². The van der Waals surface area contributed by atoms with Gasteiger partial charge in [0.2, 0.25) is 5.91 Å². The van der Waals surface area contributed by atoms with Crippen LogP contribution in [0.15, 0.2) is 48.5 Å². The average molecular weight is 399 g/mol. The van der Waals surface area contributed by atoms with Gasteiger partial charge >= 0.3 is 0 Å². The smallest absolute Gasteiger partial charge is 0.251 e. The number of methoxy groups -OCH3 is 1. The first kappa shape index (κ1) is 22.3. The van der Waals surface area contributed by atoms with Crippen LogP contribution < -0.4 is 20.1 Å². The highest BCUT2D eigenvalue weighted by Gasteiger charge is 2.24. The Labute approximate surface area is 172 Å². The second-order valence-electron chi connectivity index (χ2n) is 7.23. The van der Waals surface area contributed by atoms with Crippen molar-refractivity contribution in [1.29, 1.82) is 0 Å². The largest absolute Gasteiger partial charge is 0.497 e. The van der Waals surface area contributed by atoms with Crippen LogP contribution in [-0.4, -0.2) is 38.1 Å². The lowest BCUT2D eigenvalue weighted by Crippen LogP contribution is -2.50. The number of rotatable bonds is 10. The lowest BCUT2D eigenvalue weighted by molar-refractivity contribution is -0.123. The molecular weight excluding hydrogens is 368 g/mol. The summed E-state index contributed by atoms with van der Waals surface area (Å²) in [6, 6.07) is 14.0. The SMILES string of the molecule is COc1ccc(C(=O)NC(C(=O)NCCCOc2cccc(C)c2)C(C)C)cc1. The molecule has 0 spiro atoms. The topological polar surface area (TPSA) is 76.7 Å². The molecule has 156 valence electrons. The summed E-state index contributed by atoms with van der Waals surface area (Å²) in [5.74, 6) is 0.971. The fraction of sp³-hybridized carbons (Fsp3) is 0.391. The predicted octanol–water partition coefficient (Wildman–Crippen LogP) is 3.34. The predicted molar refractivity (Wildman–Crippen MR) is 113 cm³/mol. The van der Waals surface area contributed by atoms with Gasteiger partial charge in [0, 0.05) is 12.1 Å². The molecule has 6 nitrogen and oxygen atoms in total. The van der Waals surface area contributed by atoms with Crippen molar-refractivity contribution in [1.82, 2.24) is 10.6 Å². The molecule has 0 radical (unpaired) electrons. The minimum atomic E-state index is -0.609. The van der Waals surface area contributed by atoms with Gasteiger partial charge in [-0.15, -0.1) is 0 Å². The first-order valence-corrected chi connectivity index (χ1v) is 9.83. The van der Waals surface area contributed by atoms with Crippen molar-refractivity contribution < 1.29 is 19.1 Å². The number of ether oxygens (including phenoxy) is 2. The minimum Gasteiger partial charge on any atom is -0.497 e. The third kappa shape index (κ3) is 7.14. The van der Waals surface area contributed by atoms with Gasteiger partial charge in [0.1, 0.15) is 17.5 Å². The molecule has 0 bridgehead atoms. The van der Waals surface area contributed by atoms with Gasteiger partial charge in [-0.2, -0.15) is 0 Å². The van der Waals surface area contributed by atoms with E-state index in [2.05, 4.69) is 10.6 Å². The number of amides is 2. The molecule has 2 N–H and O–H groups in total. The van der Waals surface area contributed by atoms with E-state index >= 15 is 0 Å². The van der Waals surface area contributed by atoms with Gasteiger partial charge < -0.3 is 20.1 Å². The average Bonchev–Trinajstić information content (AvgIpc) is 2.71. The van der Waals surface area contributed by atoms with E-state index in [9.17, 15) is 9.59 Å². The second kappa shape index (κ2) is 11.1. The van der Waals surface area contributed by atoms with Gasteiger partial charge in [-0.25, -0.2) is 0 Å². The molecule has 2 aromatic rings. The van der Waals surface area contributed by atoms with Crippen LogP contribution in [0.5, 0.6) is 11.5 Å². The number of hydrogen-bond donors (Lipinski definition) is 2. The number of carbonyl (C=O) groups is 2. The molecule has 0 aromatic heterocycles. The molecule has 0 saturated heterocycles. The Morgan fingerprint density at radius 2 is 1.76 bits per heavy atom. The maximum Gasteiger partial charge on any atom is 0.251 e. The lowest BCUT2D eigenvalue weighted by Gasteiger charge is -2.22. The van der Waals surface area contributed by atoms with Crippen molar-refractivity contribution >= 4 is 11.8 Å². The summed E-state index contributed by atoms with van der Waals surface area (Å²) >= 11 is 0. The summed E-state index contributed by atoms with van der Waals surface area (Å²) in [7, 11) is 1.57. The fourth-order valence-corrected chi connectivity index (χ4v) is 2.79. The van der Waals surface area contributed by atoms with Gasteiger partial charge in [-0.3, -0.25) is 9.59 Å². The molecule has 29 heavy (non-hydrogen) atoms. The normalized spacial score (nSPS) is 11.6. The maximum atomic E-state index is 12.5. The minimum absolute atomic E-state index is 0.0410. The van der Waals surface area contributed by atoms with E-state index in [0.29, 0.717) is 30.9 Å².